The molecule has 0 atom stereocenters. The number of rotatable bonds is 7. The van der Waals surface area contributed by atoms with Gasteiger partial charge >= 0.3 is 0 Å². The van der Waals surface area contributed by atoms with Crippen LogP contribution in [0.4, 0.5) is 17.2 Å². The van der Waals surface area contributed by atoms with Gasteiger partial charge in [-0.15, -0.1) is 0 Å². The molecule has 142 valence electrons. The van der Waals surface area contributed by atoms with Crippen molar-refractivity contribution in [1.82, 2.24) is 9.97 Å². The van der Waals surface area contributed by atoms with Crippen LogP contribution < -0.4 is 15.4 Å². The van der Waals surface area contributed by atoms with Gasteiger partial charge in [-0.1, -0.05) is 12.1 Å². The molecule has 0 aliphatic heterocycles. The van der Waals surface area contributed by atoms with E-state index in [0.717, 1.165) is 11.4 Å². The average Bonchev–Trinajstić information content (AvgIpc) is 2.70. The molecule has 0 aliphatic rings. The van der Waals surface area contributed by atoms with Crippen molar-refractivity contribution < 1.29 is 14.3 Å². The molecule has 3 aromatic rings. The molecule has 0 aliphatic carbocycles. The molecule has 0 spiro atoms. The second-order valence-electron chi connectivity index (χ2n) is 5.96. The Morgan fingerprint density at radius 3 is 2.50 bits per heavy atom. The number of Topliss-reactive ketones (excluding diaryl/α,β-unsaturated/α-hetero) is 1. The van der Waals surface area contributed by atoms with Crippen molar-refractivity contribution in [1.29, 1.82) is 0 Å². The van der Waals surface area contributed by atoms with Crippen molar-refractivity contribution in [2.24, 2.45) is 0 Å². The fourth-order valence-corrected chi connectivity index (χ4v) is 2.51. The Hall–Kier alpha value is -3.74. The molecule has 0 saturated carbocycles. The zero-order chi connectivity index (χ0) is 19.9. The maximum Gasteiger partial charge on any atom is 0.274 e. The van der Waals surface area contributed by atoms with Gasteiger partial charge in [-0.2, -0.15) is 0 Å². The summed E-state index contributed by atoms with van der Waals surface area (Å²) in [4.78, 5) is 32.1. The number of anilines is 3. The van der Waals surface area contributed by atoms with E-state index < -0.39 is 5.91 Å². The van der Waals surface area contributed by atoms with Crippen LogP contribution in [-0.2, 0) is 0 Å². The predicted molar refractivity (Wildman–Crippen MR) is 107 cm³/mol. The summed E-state index contributed by atoms with van der Waals surface area (Å²) in [6.07, 6.45) is 1.32. The number of benzene rings is 2. The summed E-state index contributed by atoms with van der Waals surface area (Å²) in [5, 5.41) is 5.87. The van der Waals surface area contributed by atoms with Gasteiger partial charge in [0.25, 0.3) is 5.91 Å². The van der Waals surface area contributed by atoms with Crippen LogP contribution in [-0.4, -0.2) is 28.3 Å². The first-order chi connectivity index (χ1) is 13.5. The van der Waals surface area contributed by atoms with Crippen LogP contribution in [0, 0.1) is 0 Å². The Labute approximate surface area is 162 Å². The highest BCUT2D eigenvalue weighted by molar-refractivity contribution is 6.04. The van der Waals surface area contributed by atoms with Gasteiger partial charge in [0.2, 0.25) is 0 Å². The van der Waals surface area contributed by atoms with Crippen molar-refractivity contribution in [3.8, 4) is 5.75 Å². The van der Waals surface area contributed by atoms with Crippen LogP contribution in [0.5, 0.6) is 5.75 Å². The van der Waals surface area contributed by atoms with Crippen LogP contribution in [0.2, 0.25) is 0 Å². The fraction of sp³-hybridized carbons (Fsp3) is 0.143. The lowest BCUT2D eigenvalue weighted by Crippen LogP contribution is -2.14. The number of hydrogen-bond acceptors (Lipinski definition) is 6. The molecule has 0 fully saturated rings. The van der Waals surface area contributed by atoms with E-state index in [1.807, 2.05) is 31.2 Å². The Bertz CT molecular complexity index is 987. The van der Waals surface area contributed by atoms with Crippen molar-refractivity contribution >= 4 is 28.9 Å². The summed E-state index contributed by atoms with van der Waals surface area (Å²) >= 11 is 0. The molecule has 0 bridgehead atoms. The maximum atomic E-state index is 12.5. The third kappa shape index (κ3) is 4.91. The number of carbonyl (C=O) groups excluding carboxylic acids is 2. The molecule has 1 aromatic heterocycles. The van der Waals surface area contributed by atoms with Crippen molar-refractivity contribution in [3.63, 3.8) is 0 Å². The smallest absolute Gasteiger partial charge is 0.274 e. The van der Waals surface area contributed by atoms with Crippen molar-refractivity contribution in [2.75, 3.05) is 17.2 Å². The molecule has 3 rings (SSSR count). The quantitative estimate of drug-likeness (QED) is 0.604. The van der Waals surface area contributed by atoms with E-state index in [1.165, 1.54) is 13.3 Å². The molecular formula is C21H20N4O3. The Balaban J connectivity index is 1.70. The van der Waals surface area contributed by atoms with Crippen LogP contribution in [0.3, 0.4) is 0 Å². The fourth-order valence-electron chi connectivity index (χ4n) is 2.51. The average molecular weight is 376 g/mol. The number of carbonyl (C=O) groups is 2. The first kappa shape index (κ1) is 19.0. The van der Waals surface area contributed by atoms with Crippen LogP contribution in [0.1, 0.15) is 34.7 Å². The SMILES string of the molecule is CCOc1ccc(Nc2cc(C(=O)Nc3cccc(C(C)=O)c3)ncn2)cc1. The Morgan fingerprint density at radius 2 is 1.79 bits per heavy atom. The number of ketones is 1. The molecule has 1 heterocycles. The number of amides is 1. The summed E-state index contributed by atoms with van der Waals surface area (Å²) in [6.45, 7) is 4.01. The summed E-state index contributed by atoms with van der Waals surface area (Å²) < 4.78 is 5.41. The molecule has 7 nitrogen and oxygen atoms in total. The standard InChI is InChI=1S/C21H20N4O3/c1-3-28-18-9-7-16(8-10-18)24-20-12-19(22-13-23-20)21(27)25-17-6-4-5-15(11-17)14(2)26/h4-13H,3H2,1-2H3,(H,25,27)(H,22,23,24). The van der Waals surface area contributed by atoms with Gasteiger partial charge in [0, 0.05) is 23.0 Å². The zero-order valence-electron chi connectivity index (χ0n) is 15.6. The van der Waals surface area contributed by atoms with E-state index in [9.17, 15) is 9.59 Å². The summed E-state index contributed by atoms with van der Waals surface area (Å²) in [5.74, 6) is 0.809. The predicted octanol–water partition coefficient (Wildman–Crippen LogP) is 4.07. The molecule has 2 N–H and O–H groups in total. The second kappa shape index (κ2) is 8.77. The highest BCUT2D eigenvalue weighted by Crippen LogP contribution is 2.19. The van der Waals surface area contributed by atoms with Gasteiger partial charge in [0.05, 0.1) is 6.61 Å². The minimum absolute atomic E-state index is 0.0695. The highest BCUT2D eigenvalue weighted by atomic mass is 16.5. The van der Waals surface area contributed by atoms with E-state index in [-0.39, 0.29) is 11.5 Å². The first-order valence-electron chi connectivity index (χ1n) is 8.79. The second-order valence-corrected chi connectivity index (χ2v) is 5.96. The lowest BCUT2D eigenvalue weighted by atomic mass is 10.1. The van der Waals surface area contributed by atoms with Crippen LogP contribution in [0.15, 0.2) is 60.9 Å². The van der Waals surface area contributed by atoms with Gasteiger partial charge in [0.15, 0.2) is 5.78 Å². The third-order valence-electron chi connectivity index (χ3n) is 3.86. The molecule has 0 unspecified atom stereocenters. The Morgan fingerprint density at radius 1 is 1.00 bits per heavy atom. The van der Waals surface area contributed by atoms with Gasteiger partial charge in [-0.05, 0) is 50.2 Å². The largest absolute Gasteiger partial charge is 0.494 e. The van der Waals surface area contributed by atoms with E-state index >= 15 is 0 Å². The van der Waals surface area contributed by atoms with Crippen LogP contribution in [0.25, 0.3) is 0 Å². The zero-order valence-corrected chi connectivity index (χ0v) is 15.6. The number of nitrogens with zero attached hydrogens (tertiary/aromatic N) is 2. The van der Waals surface area contributed by atoms with Crippen molar-refractivity contribution in [2.45, 2.75) is 13.8 Å². The monoisotopic (exact) mass is 376 g/mol. The van der Waals surface area contributed by atoms with Gasteiger partial charge < -0.3 is 15.4 Å². The first-order valence-corrected chi connectivity index (χ1v) is 8.79. The third-order valence-corrected chi connectivity index (χ3v) is 3.86. The number of aromatic nitrogens is 2. The molecule has 1 amide bonds. The van der Waals surface area contributed by atoms with Crippen molar-refractivity contribution in [3.05, 3.63) is 72.2 Å². The number of hydrogen-bond donors (Lipinski definition) is 2. The molecule has 2 aromatic carbocycles. The molecular weight excluding hydrogens is 356 g/mol. The minimum Gasteiger partial charge on any atom is -0.494 e. The number of nitrogens with one attached hydrogen (secondary N) is 2. The molecule has 28 heavy (non-hydrogen) atoms. The van der Waals surface area contributed by atoms with Gasteiger partial charge in [0.1, 0.15) is 23.6 Å². The van der Waals surface area contributed by atoms with E-state index in [1.54, 1.807) is 30.3 Å². The topological polar surface area (TPSA) is 93.2 Å². The van der Waals surface area contributed by atoms with E-state index in [4.69, 9.17) is 4.74 Å². The number of ether oxygens (including phenoxy) is 1. The van der Waals surface area contributed by atoms with E-state index in [2.05, 4.69) is 20.6 Å². The highest BCUT2D eigenvalue weighted by Gasteiger charge is 2.10. The molecule has 7 heteroatoms. The minimum atomic E-state index is -0.391. The maximum absolute atomic E-state index is 12.5. The lowest BCUT2D eigenvalue weighted by Gasteiger charge is -2.09. The molecule has 0 radical (unpaired) electrons. The normalized spacial score (nSPS) is 10.2. The molecule has 0 saturated heterocycles. The summed E-state index contributed by atoms with van der Waals surface area (Å²) in [7, 11) is 0. The Kier molecular flexibility index (Phi) is 5.96. The summed E-state index contributed by atoms with van der Waals surface area (Å²) in [5.41, 5.74) is 2.06. The van der Waals surface area contributed by atoms with Gasteiger partial charge in [-0.3, -0.25) is 9.59 Å². The van der Waals surface area contributed by atoms with E-state index in [0.29, 0.717) is 23.7 Å². The van der Waals surface area contributed by atoms with Crippen LogP contribution >= 0.6 is 0 Å². The lowest BCUT2D eigenvalue weighted by molar-refractivity contribution is 0.100. The van der Waals surface area contributed by atoms with Gasteiger partial charge in [-0.25, -0.2) is 9.97 Å². The summed E-state index contributed by atoms with van der Waals surface area (Å²) in [6, 6.07) is 15.7.